The summed E-state index contributed by atoms with van der Waals surface area (Å²) >= 11 is 0. The van der Waals surface area contributed by atoms with Crippen LogP contribution < -0.4 is 0 Å². The van der Waals surface area contributed by atoms with Gasteiger partial charge in [0.2, 0.25) is 0 Å². The first-order valence-corrected chi connectivity index (χ1v) is 16.4. The van der Waals surface area contributed by atoms with Gasteiger partial charge in [-0.15, -0.1) is 0 Å². The summed E-state index contributed by atoms with van der Waals surface area (Å²) in [5, 5.41) is 0. The zero-order chi connectivity index (χ0) is 32.6. The Morgan fingerprint density at radius 3 is 1.33 bits per heavy atom. The molecular weight excluding hydrogens is 599 g/mol. The van der Waals surface area contributed by atoms with E-state index >= 15 is 0 Å². The minimum absolute atomic E-state index is 0.498. The van der Waals surface area contributed by atoms with Crippen LogP contribution in [0.25, 0.3) is 79.2 Å². The first-order chi connectivity index (χ1) is 24.3. The Labute approximate surface area is 284 Å². The summed E-state index contributed by atoms with van der Waals surface area (Å²) in [6.45, 7) is 0. The minimum atomic E-state index is 0.498. The van der Waals surface area contributed by atoms with Crippen molar-refractivity contribution < 1.29 is 0 Å². The summed E-state index contributed by atoms with van der Waals surface area (Å²) in [7, 11) is 0. The van der Waals surface area contributed by atoms with Crippen LogP contribution in [0.4, 0.5) is 0 Å². The molecule has 0 N–H and O–H groups in total. The molecule has 0 bridgehead atoms. The summed E-state index contributed by atoms with van der Waals surface area (Å²) in [4.78, 5) is 25.0. The van der Waals surface area contributed by atoms with Crippen LogP contribution in [0, 0.1) is 0 Å². The molecule has 49 heavy (non-hydrogen) atoms. The van der Waals surface area contributed by atoms with Gasteiger partial charge < -0.3 is 0 Å². The molecule has 230 valence electrons. The van der Waals surface area contributed by atoms with E-state index in [9.17, 15) is 0 Å². The van der Waals surface area contributed by atoms with E-state index in [1.54, 1.807) is 0 Å². The van der Waals surface area contributed by atoms with Crippen LogP contribution in [0.2, 0.25) is 0 Å². The third-order valence-corrected chi connectivity index (χ3v) is 9.05. The Kier molecular flexibility index (Phi) is 7.13. The molecule has 3 heterocycles. The molecule has 0 saturated heterocycles. The number of nitrogens with zero attached hydrogens (tertiary/aromatic N) is 5. The van der Waals surface area contributed by atoms with E-state index in [-0.39, 0.29) is 0 Å². The van der Waals surface area contributed by atoms with E-state index in [4.69, 9.17) is 24.9 Å². The second-order valence-electron chi connectivity index (χ2n) is 12.1. The zero-order valence-corrected chi connectivity index (χ0v) is 26.5. The fraction of sp³-hybridized carbons (Fsp3) is 0.0227. The van der Waals surface area contributed by atoms with Crippen molar-refractivity contribution in [2.45, 2.75) is 6.42 Å². The van der Waals surface area contributed by atoms with Gasteiger partial charge in [-0.25, -0.2) is 24.9 Å². The molecule has 0 atom stereocenters. The quantitative estimate of drug-likeness (QED) is 0.184. The second kappa shape index (κ2) is 12.2. The van der Waals surface area contributed by atoms with Crippen LogP contribution in [0.5, 0.6) is 0 Å². The van der Waals surface area contributed by atoms with Crippen molar-refractivity contribution in [2.24, 2.45) is 0 Å². The molecule has 0 aliphatic heterocycles. The average Bonchev–Trinajstić information content (AvgIpc) is 3.58. The van der Waals surface area contributed by atoms with Crippen molar-refractivity contribution in [3.8, 4) is 79.2 Å². The second-order valence-corrected chi connectivity index (χ2v) is 12.1. The van der Waals surface area contributed by atoms with Crippen LogP contribution in [0.15, 0.2) is 164 Å². The number of rotatable bonds is 6. The Morgan fingerprint density at radius 1 is 0.265 bits per heavy atom. The number of benzene rings is 5. The monoisotopic (exact) mass is 627 g/mol. The lowest BCUT2D eigenvalue weighted by atomic mass is 9.96. The maximum atomic E-state index is 5.20. The van der Waals surface area contributed by atoms with Crippen LogP contribution >= 0.6 is 0 Å². The van der Waals surface area contributed by atoms with Gasteiger partial charge in [-0.1, -0.05) is 140 Å². The molecule has 0 radical (unpaired) electrons. The van der Waals surface area contributed by atoms with Gasteiger partial charge >= 0.3 is 0 Å². The van der Waals surface area contributed by atoms with Crippen molar-refractivity contribution in [3.05, 3.63) is 175 Å². The van der Waals surface area contributed by atoms with Gasteiger partial charge in [-0.05, 0) is 64.1 Å². The molecule has 5 heteroatoms. The van der Waals surface area contributed by atoms with Gasteiger partial charge in [-0.2, -0.15) is 0 Å². The molecule has 0 amide bonds. The highest BCUT2D eigenvalue weighted by Gasteiger charge is 2.25. The van der Waals surface area contributed by atoms with Gasteiger partial charge in [0.25, 0.3) is 0 Å². The molecule has 0 fully saturated rings. The van der Waals surface area contributed by atoms with E-state index in [2.05, 4.69) is 84.9 Å². The van der Waals surface area contributed by atoms with Gasteiger partial charge in [0, 0.05) is 16.7 Å². The zero-order valence-electron chi connectivity index (χ0n) is 26.5. The maximum Gasteiger partial charge on any atom is 0.182 e. The van der Waals surface area contributed by atoms with Gasteiger partial charge in [0.15, 0.2) is 17.5 Å². The number of pyridine rings is 2. The summed E-state index contributed by atoms with van der Waals surface area (Å²) in [5.41, 5.74) is 13.8. The fourth-order valence-electron chi connectivity index (χ4n) is 6.72. The van der Waals surface area contributed by atoms with Crippen molar-refractivity contribution >= 4 is 0 Å². The topological polar surface area (TPSA) is 64.5 Å². The Balaban J connectivity index is 1.14. The molecule has 8 aromatic rings. The number of hydrogen-bond acceptors (Lipinski definition) is 5. The molecular formula is C44H29N5. The standard InChI is InChI=1S/C44H29N5/c1-4-14-29(15-5-1)32-20-10-21-33-34-22-11-23-35(37(34)28-36(32)33)39-25-13-27-41(46-39)44-48-42(31-18-8-3-9-19-31)47-43(49-44)40-26-12-24-38(45-40)30-16-6-2-7-17-30/h1-27H,28H2. The number of aromatic nitrogens is 5. The first-order valence-electron chi connectivity index (χ1n) is 16.4. The van der Waals surface area contributed by atoms with Crippen molar-refractivity contribution in [2.75, 3.05) is 0 Å². The molecule has 1 aliphatic rings. The number of fused-ring (bicyclic) bond motifs is 3. The predicted octanol–water partition coefficient (Wildman–Crippen LogP) is 10.2. The summed E-state index contributed by atoms with van der Waals surface area (Å²) < 4.78 is 0. The Morgan fingerprint density at radius 2 is 0.694 bits per heavy atom. The highest BCUT2D eigenvalue weighted by molar-refractivity contribution is 5.89. The smallest absolute Gasteiger partial charge is 0.182 e. The third kappa shape index (κ3) is 5.37. The lowest BCUT2D eigenvalue weighted by molar-refractivity contribution is 1.05. The third-order valence-electron chi connectivity index (χ3n) is 9.05. The van der Waals surface area contributed by atoms with Crippen molar-refractivity contribution in [3.63, 3.8) is 0 Å². The fourth-order valence-corrected chi connectivity index (χ4v) is 6.72. The molecule has 0 spiro atoms. The Bertz CT molecular complexity index is 2460. The van der Waals surface area contributed by atoms with E-state index in [1.807, 2.05) is 78.9 Å². The first kappa shape index (κ1) is 28.6. The average molecular weight is 628 g/mol. The summed E-state index contributed by atoms with van der Waals surface area (Å²) in [6, 6.07) is 55.9. The van der Waals surface area contributed by atoms with E-state index in [0.717, 1.165) is 34.5 Å². The highest BCUT2D eigenvalue weighted by Crippen LogP contribution is 2.45. The largest absolute Gasteiger partial charge is 0.244 e. The molecule has 5 aromatic carbocycles. The van der Waals surface area contributed by atoms with Crippen LogP contribution in [-0.4, -0.2) is 24.9 Å². The summed E-state index contributed by atoms with van der Waals surface area (Å²) in [5.74, 6) is 1.57. The lowest BCUT2D eigenvalue weighted by Gasteiger charge is -2.11. The molecule has 5 nitrogen and oxygen atoms in total. The molecule has 0 saturated carbocycles. The highest BCUT2D eigenvalue weighted by atomic mass is 15.1. The van der Waals surface area contributed by atoms with Crippen molar-refractivity contribution in [1.82, 2.24) is 24.9 Å². The normalized spacial score (nSPS) is 11.6. The molecule has 3 aromatic heterocycles. The minimum Gasteiger partial charge on any atom is -0.244 e. The van der Waals surface area contributed by atoms with Crippen LogP contribution in [0.1, 0.15) is 11.1 Å². The lowest BCUT2D eigenvalue weighted by Crippen LogP contribution is -2.03. The van der Waals surface area contributed by atoms with E-state index < -0.39 is 0 Å². The van der Waals surface area contributed by atoms with Gasteiger partial charge in [-0.3, -0.25) is 0 Å². The van der Waals surface area contributed by atoms with Gasteiger partial charge in [0.05, 0.1) is 11.4 Å². The van der Waals surface area contributed by atoms with Crippen LogP contribution in [0.3, 0.4) is 0 Å². The van der Waals surface area contributed by atoms with E-state index in [1.165, 1.54) is 33.4 Å². The maximum absolute atomic E-state index is 5.20. The van der Waals surface area contributed by atoms with E-state index in [0.29, 0.717) is 28.9 Å². The predicted molar refractivity (Wildman–Crippen MR) is 196 cm³/mol. The Hall–Kier alpha value is -6.59. The van der Waals surface area contributed by atoms with Crippen molar-refractivity contribution in [1.29, 1.82) is 0 Å². The van der Waals surface area contributed by atoms with Crippen LogP contribution in [-0.2, 0) is 6.42 Å². The SMILES string of the molecule is c1ccc(-c2cccc(-c3nc(-c4ccccc4)nc(-c4cccc(-c5cccc6c5Cc5c(-c7ccccc7)cccc5-6)n4)n3)n2)cc1. The molecule has 1 aliphatic carbocycles. The van der Waals surface area contributed by atoms with Gasteiger partial charge in [0.1, 0.15) is 11.4 Å². The number of hydrogen-bond donors (Lipinski definition) is 0. The molecule has 9 rings (SSSR count). The molecule has 0 unspecified atom stereocenters. The summed E-state index contributed by atoms with van der Waals surface area (Å²) in [6.07, 6.45) is 0.843.